The normalized spacial score (nSPS) is 13.3. The fraction of sp³-hybridized carbons (Fsp3) is 0.200. The maximum absolute atomic E-state index is 13.2. The number of amides is 1. The van der Waals surface area contributed by atoms with E-state index in [4.69, 9.17) is 0 Å². The molecule has 0 atom stereocenters. The molecule has 0 fully saturated rings. The van der Waals surface area contributed by atoms with Gasteiger partial charge in [0.25, 0.3) is 0 Å². The first kappa shape index (κ1) is 21.6. The number of rotatable bonds is 6. The van der Waals surface area contributed by atoms with E-state index in [1.807, 2.05) is 53.1 Å². The van der Waals surface area contributed by atoms with Gasteiger partial charge in [0.05, 0.1) is 11.3 Å². The number of hydrogen-bond donors (Lipinski definition) is 1. The first-order valence-electron chi connectivity index (χ1n) is 10.8. The number of carbonyl (C=O) groups excluding carboxylic acids is 2. The highest BCUT2D eigenvalue weighted by Crippen LogP contribution is 2.33. The van der Waals surface area contributed by atoms with Gasteiger partial charge in [-0.2, -0.15) is 0 Å². The number of hydrogen-bond acceptors (Lipinski definition) is 6. The van der Waals surface area contributed by atoms with E-state index in [9.17, 15) is 9.59 Å². The molecule has 33 heavy (non-hydrogen) atoms. The van der Waals surface area contributed by atoms with Crippen molar-refractivity contribution in [3.63, 3.8) is 0 Å². The van der Waals surface area contributed by atoms with Crippen molar-refractivity contribution in [2.75, 3.05) is 11.1 Å². The smallest absolute Gasteiger partial charge is 0.250 e. The van der Waals surface area contributed by atoms with Gasteiger partial charge in [0.2, 0.25) is 16.9 Å². The van der Waals surface area contributed by atoms with E-state index in [0.29, 0.717) is 9.47 Å². The van der Waals surface area contributed by atoms with E-state index in [1.54, 1.807) is 6.08 Å². The van der Waals surface area contributed by atoms with E-state index < -0.39 is 0 Å². The molecule has 1 aliphatic rings. The van der Waals surface area contributed by atoms with Crippen LogP contribution in [0.25, 0.3) is 17.0 Å². The summed E-state index contributed by atoms with van der Waals surface area (Å²) < 4.78 is 2.55. The summed E-state index contributed by atoms with van der Waals surface area (Å²) in [6, 6.07) is 17.8. The summed E-state index contributed by atoms with van der Waals surface area (Å²) in [4.78, 5) is 25.3. The van der Waals surface area contributed by atoms with E-state index in [1.165, 1.54) is 46.5 Å². The average molecular weight is 475 g/mol. The first-order valence-corrected chi connectivity index (χ1v) is 12.6. The van der Waals surface area contributed by atoms with Crippen molar-refractivity contribution in [3.05, 3.63) is 77.5 Å². The van der Waals surface area contributed by atoms with Crippen LogP contribution in [0.4, 0.5) is 5.13 Å². The van der Waals surface area contributed by atoms with Crippen molar-refractivity contribution in [1.82, 2.24) is 14.8 Å². The van der Waals surface area contributed by atoms with E-state index in [2.05, 4.69) is 21.6 Å². The van der Waals surface area contributed by atoms with Gasteiger partial charge < -0.3 is 0 Å². The van der Waals surface area contributed by atoms with Gasteiger partial charge in [-0.05, 0) is 49.0 Å². The van der Waals surface area contributed by atoms with Gasteiger partial charge in [-0.15, -0.1) is 10.2 Å². The largest absolute Gasteiger partial charge is 0.297 e. The van der Waals surface area contributed by atoms with Gasteiger partial charge in [-0.25, -0.2) is 0 Å². The third-order valence-corrected chi connectivity index (χ3v) is 7.57. The lowest BCUT2D eigenvalue weighted by Crippen LogP contribution is -2.18. The van der Waals surface area contributed by atoms with Crippen LogP contribution in [-0.4, -0.2) is 32.3 Å². The molecule has 2 aromatic carbocycles. The zero-order chi connectivity index (χ0) is 22.6. The molecule has 0 bridgehead atoms. The second kappa shape index (κ2) is 9.72. The highest BCUT2D eigenvalue weighted by Gasteiger charge is 2.23. The molecule has 0 unspecified atom stereocenters. The first-order chi connectivity index (χ1) is 16.2. The van der Waals surface area contributed by atoms with Gasteiger partial charge in [-0.1, -0.05) is 71.6 Å². The number of nitrogens with zero attached hydrogens (tertiary/aromatic N) is 3. The molecule has 2 heterocycles. The monoisotopic (exact) mass is 474 g/mol. The molecule has 6 nitrogen and oxygen atoms in total. The zero-order valence-electron chi connectivity index (χ0n) is 17.9. The molecule has 1 N–H and O–H groups in total. The van der Waals surface area contributed by atoms with Crippen LogP contribution in [0.3, 0.4) is 0 Å². The maximum Gasteiger partial charge on any atom is 0.250 e. The van der Waals surface area contributed by atoms with Gasteiger partial charge >= 0.3 is 0 Å². The second-order valence-electron chi connectivity index (χ2n) is 7.77. The summed E-state index contributed by atoms with van der Waals surface area (Å²) >= 11 is 2.62. The Bertz CT molecular complexity index is 1340. The van der Waals surface area contributed by atoms with Crippen LogP contribution in [0.5, 0.6) is 0 Å². The quantitative estimate of drug-likeness (QED) is 0.228. The van der Waals surface area contributed by atoms with Crippen molar-refractivity contribution >= 4 is 57.0 Å². The molecule has 0 aliphatic heterocycles. The van der Waals surface area contributed by atoms with Crippen LogP contribution in [0, 0.1) is 0 Å². The van der Waals surface area contributed by atoms with Crippen molar-refractivity contribution < 1.29 is 9.59 Å². The lowest BCUT2D eigenvalue weighted by Gasteiger charge is -2.14. The Labute approximate surface area is 199 Å². The predicted molar refractivity (Wildman–Crippen MR) is 134 cm³/mol. The highest BCUT2D eigenvalue weighted by molar-refractivity contribution is 8.01. The number of benzene rings is 2. The molecule has 8 heteroatoms. The van der Waals surface area contributed by atoms with E-state index >= 15 is 0 Å². The van der Waals surface area contributed by atoms with Crippen LogP contribution in [-0.2, 0) is 17.6 Å². The molecule has 0 radical (unpaired) electrons. The number of fused-ring (bicyclic) bond motifs is 3. The van der Waals surface area contributed by atoms with Crippen molar-refractivity contribution in [2.24, 2.45) is 0 Å². The molecule has 2 aromatic heterocycles. The Kier molecular flexibility index (Phi) is 6.37. The molecule has 0 saturated carbocycles. The van der Waals surface area contributed by atoms with Crippen LogP contribution >= 0.6 is 23.1 Å². The Hall–Kier alpha value is -3.23. The number of para-hydroxylation sites is 1. The number of thioether (sulfide) groups is 1. The Morgan fingerprint density at radius 1 is 1.03 bits per heavy atom. The summed E-state index contributed by atoms with van der Waals surface area (Å²) in [5, 5.41) is 12.5. The zero-order valence-corrected chi connectivity index (χ0v) is 19.5. The lowest BCUT2D eigenvalue weighted by atomic mass is 9.96. The second-order valence-corrected chi connectivity index (χ2v) is 9.97. The fourth-order valence-electron chi connectivity index (χ4n) is 4.17. The minimum absolute atomic E-state index is 0.0472. The average Bonchev–Trinajstić information content (AvgIpc) is 3.44. The summed E-state index contributed by atoms with van der Waals surface area (Å²) in [5.74, 6) is 0.0423. The minimum atomic E-state index is -0.270. The molecular weight excluding hydrogens is 452 g/mol. The highest BCUT2D eigenvalue weighted by atomic mass is 32.2. The lowest BCUT2D eigenvalue weighted by molar-refractivity contribution is -0.111. The number of carbonyl (C=O) groups is 2. The molecule has 0 saturated heterocycles. The third kappa shape index (κ3) is 4.77. The summed E-state index contributed by atoms with van der Waals surface area (Å²) in [5.41, 5.74) is 4.41. The Balaban J connectivity index is 1.24. The number of nitrogens with one attached hydrogen (secondary N) is 1. The van der Waals surface area contributed by atoms with Crippen molar-refractivity contribution in [3.8, 4) is 0 Å². The van der Waals surface area contributed by atoms with Crippen LogP contribution in [0.2, 0.25) is 0 Å². The molecule has 4 aromatic rings. The SMILES string of the molecule is O=C(C=Cc1ccccc1)Nc1nnc(SCC(=O)n2c3c(c4ccccc42)CCCC3)s1. The predicted octanol–water partition coefficient (Wildman–Crippen LogP) is 5.46. The number of aromatic nitrogens is 3. The molecule has 5 rings (SSSR count). The molecule has 1 aliphatic carbocycles. The van der Waals surface area contributed by atoms with Crippen LogP contribution in [0.1, 0.15) is 34.5 Å². The van der Waals surface area contributed by atoms with Gasteiger partial charge in [0.1, 0.15) is 0 Å². The molecule has 166 valence electrons. The molecule has 1 amide bonds. The number of aryl methyl sites for hydroxylation is 1. The van der Waals surface area contributed by atoms with Gasteiger partial charge in [0, 0.05) is 17.2 Å². The standard InChI is InChI=1S/C25H22N4O2S2/c30-22(15-14-17-8-2-1-3-9-17)26-24-27-28-25(33-24)32-16-23(31)29-20-12-6-4-10-18(20)19-11-5-7-13-21(19)29/h1-4,6,8-10,12,14-15H,5,7,11,13,16H2,(H,26,27,30). The fourth-order valence-corrected chi connectivity index (χ4v) is 5.77. The van der Waals surface area contributed by atoms with Crippen LogP contribution < -0.4 is 5.32 Å². The van der Waals surface area contributed by atoms with Gasteiger partial charge in [0.15, 0.2) is 4.34 Å². The minimum Gasteiger partial charge on any atom is -0.297 e. The summed E-state index contributed by atoms with van der Waals surface area (Å²) in [7, 11) is 0. The van der Waals surface area contributed by atoms with Crippen LogP contribution in [0.15, 0.2) is 65.0 Å². The van der Waals surface area contributed by atoms with Crippen molar-refractivity contribution in [2.45, 2.75) is 30.0 Å². The topological polar surface area (TPSA) is 76.9 Å². The van der Waals surface area contributed by atoms with E-state index in [0.717, 1.165) is 36.0 Å². The Morgan fingerprint density at radius 2 is 1.82 bits per heavy atom. The Morgan fingerprint density at radius 3 is 2.70 bits per heavy atom. The summed E-state index contributed by atoms with van der Waals surface area (Å²) in [6.45, 7) is 0. The van der Waals surface area contributed by atoms with Gasteiger partial charge in [-0.3, -0.25) is 19.5 Å². The van der Waals surface area contributed by atoms with Crippen molar-refractivity contribution in [1.29, 1.82) is 0 Å². The molecule has 0 spiro atoms. The summed E-state index contributed by atoms with van der Waals surface area (Å²) in [6.07, 6.45) is 7.46. The van der Waals surface area contributed by atoms with E-state index in [-0.39, 0.29) is 17.6 Å². The molecular formula is C25H22N4O2S2. The third-order valence-electron chi connectivity index (χ3n) is 5.61. The number of anilines is 1. The maximum atomic E-state index is 13.2.